The fourth-order valence-electron chi connectivity index (χ4n) is 0.857. The van der Waals surface area contributed by atoms with E-state index in [4.69, 9.17) is 5.73 Å². The fraction of sp³-hybridized carbons (Fsp3) is 1.00. The van der Waals surface area contributed by atoms with Crippen LogP contribution in [0.15, 0.2) is 0 Å². The Morgan fingerprint density at radius 1 is 1.30 bits per heavy atom. The van der Waals surface area contributed by atoms with Gasteiger partial charge < -0.3 is 5.73 Å². The smallest absolute Gasteiger partial charge is 0.0346 e. The topological polar surface area (TPSA) is 26.0 Å². The molecule has 0 rings (SSSR count). The first-order valence-electron chi connectivity index (χ1n) is 4.18. The van der Waals surface area contributed by atoms with Crippen LogP contribution >= 0.6 is 0 Å². The van der Waals surface area contributed by atoms with Crippen LogP contribution in [-0.4, -0.2) is 22.5 Å². The van der Waals surface area contributed by atoms with Crippen LogP contribution in [0, 0.1) is 0 Å². The molecule has 1 unspecified atom stereocenters. The van der Waals surface area contributed by atoms with E-state index in [1.807, 2.05) is 0 Å². The van der Waals surface area contributed by atoms with Crippen LogP contribution in [0.2, 0.25) is 32.2 Å². The van der Waals surface area contributed by atoms with E-state index in [-0.39, 0.29) is 8.31 Å². The van der Waals surface area contributed by atoms with E-state index < -0.39 is 7.59 Å². The van der Waals surface area contributed by atoms with Crippen LogP contribution in [0.4, 0.5) is 0 Å². The average molecular weight is 175 g/mol. The standard InChI is InChI=1S/C7H21NSi2/c1-9(7-5-6-8)10(2,3)4/h9H,5-8H2,1-4H3. The molecule has 0 fully saturated rings. The molecule has 0 aromatic heterocycles. The summed E-state index contributed by atoms with van der Waals surface area (Å²) in [5.41, 5.74) is 5.46. The minimum absolute atomic E-state index is 0.349. The van der Waals surface area contributed by atoms with Crippen LogP contribution < -0.4 is 5.73 Å². The minimum Gasteiger partial charge on any atom is -0.330 e. The number of hydrogen-bond donors (Lipinski definition) is 1. The molecule has 1 atom stereocenters. The van der Waals surface area contributed by atoms with Crippen molar-refractivity contribution >= 4 is 15.9 Å². The highest BCUT2D eigenvalue weighted by molar-refractivity contribution is 7.31. The Kier molecular flexibility index (Phi) is 4.48. The molecule has 0 heterocycles. The minimum atomic E-state index is -0.715. The summed E-state index contributed by atoms with van der Waals surface area (Å²) in [7, 11) is -1.06. The SMILES string of the molecule is C[SiH](CCCN)[Si](C)(C)C. The number of hydrogen-bond acceptors (Lipinski definition) is 1. The molecule has 0 spiro atoms. The maximum absolute atomic E-state index is 5.46. The molecule has 1 nitrogen and oxygen atoms in total. The highest BCUT2D eigenvalue weighted by Gasteiger charge is 2.22. The Morgan fingerprint density at radius 2 is 1.80 bits per heavy atom. The van der Waals surface area contributed by atoms with Gasteiger partial charge in [-0.25, -0.2) is 0 Å². The molecule has 2 N–H and O–H groups in total. The summed E-state index contributed by atoms with van der Waals surface area (Å²) in [6, 6.07) is 1.46. The zero-order valence-corrected chi connectivity index (χ0v) is 9.93. The van der Waals surface area contributed by atoms with E-state index in [2.05, 4.69) is 26.2 Å². The first-order valence-corrected chi connectivity index (χ1v) is 11.5. The predicted molar refractivity (Wildman–Crippen MR) is 54.8 cm³/mol. The van der Waals surface area contributed by atoms with E-state index in [0.717, 1.165) is 6.54 Å². The maximum Gasteiger partial charge on any atom is 0.0346 e. The van der Waals surface area contributed by atoms with E-state index in [1.54, 1.807) is 0 Å². The van der Waals surface area contributed by atoms with Crippen molar-refractivity contribution in [2.45, 2.75) is 38.7 Å². The zero-order chi connectivity index (χ0) is 8.20. The highest BCUT2D eigenvalue weighted by atomic mass is 29.2. The quantitative estimate of drug-likeness (QED) is 0.646. The van der Waals surface area contributed by atoms with Crippen molar-refractivity contribution in [3.63, 3.8) is 0 Å². The third-order valence-corrected chi connectivity index (χ3v) is 16.3. The lowest BCUT2D eigenvalue weighted by molar-refractivity contribution is 0.923. The first kappa shape index (κ1) is 10.4. The lowest BCUT2D eigenvalue weighted by Crippen LogP contribution is -2.40. The van der Waals surface area contributed by atoms with Gasteiger partial charge in [0.2, 0.25) is 0 Å². The van der Waals surface area contributed by atoms with E-state index in [1.165, 1.54) is 12.5 Å². The summed E-state index contributed by atoms with van der Waals surface area (Å²) in [5.74, 6) is 0. The Hall–Kier alpha value is 0.394. The molecule has 0 aliphatic rings. The summed E-state index contributed by atoms with van der Waals surface area (Å²) in [5, 5.41) is 0. The number of nitrogens with two attached hydrogens (primary N) is 1. The Morgan fingerprint density at radius 3 is 2.10 bits per heavy atom. The van der Waals surface area contributed by atoms with Gasteiger partial charge in [-0.3, -0.25) is 0 Å². The largest absolute Gasteiger partial charge is 0.330 e. The predicted octanol–water partition coefficient (Wildman–Crippen LogP) is 1.61. The van der Waals surface area contributed by atoms with Gasteiger partial charge in [-0.15, -0.1) is 0 Å². The summed E-state index contributed by atoms with van der Waals surface area (Å²) in [4.78, 5) is 0. The molecule has 0 saturated carbocycles. The highest BCUT2D eigenvalue weighted by Crippen LogP contribution is 2.11. The van der Waals surface area contributed by atoms with Crippen molar-refractivity contribution in [3.8, 4) is 0 Å². The van der Waals surface area contributed by atoms with Crippen molar-refractivity contribution < 1.29 is 0 Å². The van der Waals surface area contributed by atoms with Crippen LogP contribution in [0.3, 0.4) is 0 Å². The molecule has 0 aliphatic heterocycles. The summed E-state index contributed by atoms with van der Waals surface area (Å²) in [6.45, 7) is 10.9. The van der Waals surface area contributed by atoms with Crippen LogP contribution in [0.5, 0.6) is 0 Å². The van der Waals surface area contributed by atoms with Gasteiger partial charge in [0, 0.05) is 15.9 Å². The Labute approximate surface area is 67.4 Å². The van der Waals surface area contributed by atoms with E-state index >= 15 is 0 Å². The average Bonchev–Trinajstić information content (AvgIpc) is 1.80. The molecule has 0 saturated heterocycles. The maximum atomic E-state index is 5.46. The molecular formula is C7H21NSi2. The second-order valence-electron chi connectivity index (χ2n) is 4.20. The zero-order valence-electron chi connectivity index (χ0n) is 7.78. The summed E-state index contributed by atoms with van der Waals surface area (Å²) >= 11 is 0. The van der Waals surface area contributed by atoms with Crippen LogP contribution in [0.1, 0.15) is 6.42 Å². The van der Waals surface area contributed by atoms with Gasteiger partial charge in [-0.2, -0.15) is 0 Å². The molecule has 0 aliphatic carbocycles. The lowest BCUT2D eigenvalue weighted by atomic mass is 10.5. The third-order valence-electron chi connectivity index (χ3n) is 2.32. The first-order chi connectivity index (χ1) is 4.48. The second kappa shape index (κ2) is 4.31. The summed E-state index contributed by atoms with van der Waals surface area (Å²) in [6.07, 6.45) is 1.26. The van der Waals surface area contributed by atoms with Crippen molar-refractivity contribution in [1.82, 2.24) is 0 Å². The van der Waals surface area contributed by atoms with Gasteiger partial charge in [-0.1, -0.05) is 32.2 Å². The lowest BCUT2D eigenvalue weighted by Gasteiger charge is -2.23. The van der Waals surface area contributed by atoms with Crippen molar-refractivity contribution in [2.24, 2.45) is 5.73 Å². The third kappa shape index (κ3) is 4.25. The Bertz CT molecular complexity index is 88.1. The normalized spacial score (nSPS) is 15.3. The van der Waals surface area contributed by atoms with Gasteiger partial charge in [0.15, 0.2) is 0 Å². The molecular weight excluding hydrogens is 154 g/mol. The summed E-state index contributed by atoms with van der Waals surface area (Å²) < 4.78 is 0. The van der Waals surface area contributed by atoms with Gasteiger partial charge in [0.25, 0.3) is 0 Å². The van der Waals surface area contributed by atoms with Gasteiger partial charge in [0.1, 0.15) is 0 Å². The van der Waals surface area contributed by atoms with Gasteiger partial charge >= 0.3 is 0 Å². The second-order valence-corrected chi connectivity index (χ2v) is 19.5. The van der Waals surface area contributed by atoms with Crippen molar-refractivity contribution in [2.75, 3.05) is 6.54 Å². The molecule has 0 radical (unpaired) electrons. The van der Waals surface area contributed by atoms with E-state index in [0.29, 0.717) is 0 Å². The monoisotopic (exact) mass is 175 g/mol. The van der Waals surface area contributed by atoms with E-state index in [9.17, 15) is 0 Å². The number of rotatable bonds is 4. The van der Waals surface area contributed by atoms with Crippen LogP contribution in [0.25, 0.3) is 0 Å². The van der Waals surface area contributed by atoms with Gasteiger partial charge in [-0.05, 0) is 13.0 Å². The fourth-order valence-corrected chi connectivity index (χ4v) is 5.78. The molecule has 0 aromatic carbocycles. The molecule has 62 valence electrons. The molecule has 0 aromatic rings. The Balaban J connectivity index is 3.52. The van der Waals surface area contributed by atoms with Crippen molar-refractivity contribution in [3.05, 3.63) is 0 Å². The molecule has 0 bridgehead atoms. The van der Waals surface area contributed by atoms with Gasteiger partial charge in [0.05, 0.1) is 0 Å². The molecule has 0 amide bonds. The van der Waals surface area contributed by atoms with Crippen LogP contribution in [-0.2, 0) is 0 Å². The van der Waals surface area contributed by atoms with Crippen molar-refractivity contribution in [1.29, 1.82) is 0 Å². The molecule has 3 heteroatoms. The molecule has 10 heavy (non-hydrogen) atoms.